The van der Waals surface area contributed by atoms with Gasteiger partial charge in [0.1, 0.15) is 0 Å². The standard InChI is InChI=1S/C14H16N8/c1-8-3-2-4-9(5-8)6-22-7-18-10-11(19-13(15)16)20-14(17)21-12(10)22/h2-5,7H,6H2,1H3,(H6,15,16,17,19,20,21). The monoisotopic (exact) mass is 296 g/mol. The van der Waals surface area contributed by atoms with Gasteiger partial charge in [-0.3, -0.25) is 0 Å². The van der Waals surface area contributed by atoms with Crippen LogP contribution in [0.2, 0.25) is 0 Å². The van der Waals surface area contributed by atoms with Crippen LogP contribution in [0.3, 0.4) is 0 Å². The van der Waals surface area contributed by atoms with Crippen molar-refractivity contribution in [1.29, 1.82) is 0 Å². The van der Waals surface area contributed by atoms with E-state index in [2.05, 4.69) is 26.0 Å². The van der Waals surface area contributed by atoms with Crippen LogP contribution < -0.4 is 17.2 Å². The van der Waals surface area contributed by atoms with Gasteiger partial charge in [0.2, 0.25) is 5.95 Å². The van der Waals surface area contributed by atoms with Gasteiger partial charge in [-0.1, -0.05) is 29.8 Å². The van der Waals surface area contributed by atoms with Crippen LogP contribution in [0.5, 0.6) is 0 Å². The minimum Gasteiger partial charge on any atom is -0.370 e. The average Bonchev–Trinajstić information content (AvgIpc) is 2.81. The van der Waals surface area contributed by atoms with E-state index < -0.39 is 0 Å². The first-order valence-electron chi connectivity index (χ1n) is 6.66. The maximum Gasteiger partial charge on any atom is 0.224 e. The van der Waals surface area contributed by atoms with E-state index in [9.17, 15) is 0 Å². The minimum atomic E-state index is -0.104. The first-order valence-corrected chi connectivity index (χ1v) is 6.66. The SMILES string of the molecule is Cc1cccc(Cn2cnc3c(N=C(N)N)nc(N)nc32)c1. The van der Waals surface area contributed by atoms with E-state index in [4.69, 9.17) is 17.2 Å². The molecule has 0 aliphatic heterocycles. The number of nitrogens with two attached hydrogens (primary N) is 3. The largest absolute Gasteiger partial charge is 0.370 e. The van der Waals surface area contributed by atoms with Crippen LogP contribution in [0, 0.1) is 6.92 Å². The molecule has 0 saturated carbocycles. The number of anilines is 1. The molecule has 0 spiro atoms. The molecule has 8 heteroatoms. The molecule has 0 unspecified atom stereocenters. The van der Waals surface area contributed by atoms with E-state index in [1.165, 1.54) is 5.56 Å². The summed E-state index contributed by atoms with van der Waals surface area (Å²) in [6.45, 7) is 2.67. The zero-order valence-electron chi connectivity index (χ0n) is 12.1. The Labute approximate surface area is 126 Å². The second-order valence-electron chi connectivity index (χ2n) is 4.98. The topological polar surface area (TPSA) is 134 Å². The fourth-order valence-electron chi connectivity index (χ4n) is 2.27. The first-order chi connectivity index (χ1) is 10.5. The highest BCUT2D eigenvalue weighted by Crippen LogP contribution is 2.22. The van der Waals surface area contributed by atoms with Crippen molar-refractivity contribution in [2.75, 3.05) is 5.73 Å². The molecule has 0 aliphatic carbocycles. The van der Waals surface area contributed by atoms with Gasteiger partial charge in [0, 0.05) is 0 Å². The van der Waals surface area contributed by atoms with Gasteiger partial charge >= 0.3 is 0 Å². The predicted octanol–water partition coefficient (Wildman–Crippen LogP) is 0.670. The molecule has 22 heavy (non-hydrogen) atoms. The number of imidazole rings is 1. The first kappa shape index (κ1) is 13.8. The van der Waals surface area contributed by atoms with Gasteiger partial charge in [-0.2, -0.15) is 15.0 Å². The molecule has 0 saturated heterocycles. The van der Waals surface area contributed by atoms with Crippen LogP contribution >= 0.6 is 0 Å². The number of rotatable bonds is 3. The number of nitrogen functional groups attached to an aromatic ring is 1. The summed E-state index contributed by atoms with van der Waals surface area (Å²) >= 11 is 0. The molecule has 3 aromatic rings. The summed E-state index contributed by atoms with van der Waals surface area (Å²) in [6, 6.07) is 8.21. The van der Waals surface area contributed by atoms with Gasteiger partial charge in [0.05, 0.1) is 12.9 Å². The third-order valence-corrected chi connectivity index (χ3v) is 3.13. The van der Waals surface area contributed by atoms with Gasteiger partial charge in [-0.25, -0.2) is 4.98 Å². The third kappa shape index (κ3) is 2.66. The number of fused-ring (bicyclic) bond motifs is 1. The molecule has 2 aromatic heterocycles. The molecule has 0 radical (unpaired) electrons. The lowest BCUT2D eigenvalue weighted by atomic mass is 10.1. The second kappa shape index (κ2) is 5.32. The van der Waals surface area contributed by atoms with Crippen molar-refractivity contribution in [3.05, 3.63) is 41.7 Å². The lowest BCUT2D eigenvalue weighted by Crippen LogP contribution is -2.22. The van der Waals surface area contributed by atoms with Crippen LogP contribution in [0.15, 0.2) is 35.6 Å². The molecule has 0 atom stereocenters. The van der Waals surface area contributed by atoms with Crippen molar-refractivity contribution in [2.45, 2.75) is 13.5 Å². The van der Waals surface area contributed by atoms with E-state index in [0.717, 1.165) is 5.56 Å². The lowest BCUT2D eigenvalue weighted by molar-refractivity contribution is 0.813. The Morgan fingerprint density at radius 1 is 1.27 bits per heavy atom. The number of guanidine groups is 1. The number of nitrogens with zero attached hydrogens (tertiary/aromatic N) is 5. The zero-order chi connectivity index (χ0) is 15.7. The molecule has 8 nitrogen and oxygen atoms in total. The van der Waals surface area contributed by atoms with E-state index in [0.29, 0.717) is 17.7 Å². The molecule has 3 rings (SSSR count). The number of aliphatic imine (C=N–C) groups is 1. The van der Waals surface area contributed by atoms with Crippen molar-refractivity contribution in [3.63, 3.8) is 0 Å². The molecule has 2 heterocycles. The molecule has 0 amide bonds. The highest BCUT2D eigenvalue weighted by Gasteiger charge is 2.12. The number of aryl methyl sites for hydroxylation is 1. The fourth-order valence-corrected chi connectivity index (χ4v) is 2.27. The van der Waals surface area contributed by atoms with E-state index in [-0.39, 0.29) is 17.7 Å². The van der Waals surface area contributed by atoms with Gasteiger partial charge < -0.3 is 21.8 Å². The third-order valence-electron chi connectivity index (χ3n) is 3.13. The summed E-state index contributed by atoms with van der Waals surface area (Å²) in [5, 5.41) is 0. The van der Waals surface area contributed by atoms with Crippen molar-refractivity contribution in [1.82, 2.24) is 19.5 Å². The van der Waals surface area contributed by atoms with Crippen molar-refractivity contribution >= 4 is 28.9 Å². The lowest BCUT2D eigenvalue weighted by Gasteiger charge is -2.05. The summed E-state index contributed by atoms with van der Waals surface area (Å²) in [6.07, 6.45) is 1.67. The maximum atomic E-state index is 5.73. The summed E-state index contributed by atoms with van der Waals surface area (Å²) in [4.78, 5) is 16.5. The normalized spacial score (nSPS) is 10.8. The molecular weight excluding hydrogens is 280 g/mol. The summed E-state index contributed by atoms with van der Waals surface area (Å²) < 4.78 is 1.88. The zero-order valence-corrected chi connectivity index (χ0v) is 12.1. The van der Waals surface area contributed by atoms with Crippen LogP contribution in [-0.4, -0.2) is 25.5 Å². The molecule has 6 N–H and O–H groups in total. The summed E-state index contributed by atoms with van der Waals surface area (Å²) in [5.41, 5.74) is 20.0. The van der Waals surface area contributed by atoms with Crippen LogP contribution in [0.25, 0.3) is 11.2 Å². The molecular formula is C14H16N8. The van der Waals surface area contributed by atoms with Gasteiger partial charge in [0.25, 0.3) is 0 Å². The van der Waals surface area contributed by atoms with Crippen molar-refractivity contribution in [3.8, 4) is 0 Å². The molecule has 0 aliphatic rings. The molecule has 0 bridgehead atoms. The van der Waals surface area contributed by atoms with Gasteiger partial charge in [-0.05, 0) is 12.5 Å². The molecule has 0 fully saturated rings. The predicted molar refractivity (Wildman–Crippen MR) is 85.5 cm³/mol. The maximum absolute atomic E-state index is 5.73. The Morgan fingerprint density at radius 2 is 2.09 bits per heavy atom. The second-order valence-corrected chi connectivity index (χ2v) is 4.98. The van der Waals surface area contributed by atoms with E-state index in [1.807, 2.05) is 29.7 Å². The van der Waals surface area contributed by atoms with Crippen LogP contribution in [0.4, 0.5) is 11.8 Å². The smallest absolute Gasteiger partial charge is 0.224 e. The summed E-state index contributed by atoms with van der Waals surface area (Å²) in [7, 11) is 0. The Morgan fingerprint density at radius 3 is 2.82 bits per heavy atom. The highest BCUT2D eigenvalue weighted by molar-refractivity contribution is 5.87. The van der Waals surface area contributed by atoms with E-state index >= 15 is 0 Å². The molecule has 1 aromatic carbocycles. The number of hydrogen-bond donors (Lipinski definition) is 3. The molecule has 112 valence electrons. The van der Waals surface area contributed by atoms with Crippen LogP contribution in [-0.2, 0) is 6.54 Å². The fraction of sp³-hybridized carbons (Fsp3) is 0.143. The quantitative estimate of drug-likeness (QED) is 0.480. The van der Waals surface area contributed by atoms with Gasteiger partial charge in [-0.15, -0.1) is 0 Å². The van der Waals surface area contributed by atoms with Gasteiger partial charge in [0.15, 0.2) is 22.9 Å². The van der Waals surface area contributed by atoms with E-state index in [1.54, 1.807) is 6.33 Å². The van der Waals surface area contributed by atoms with Crippen molar-refractivity contribution in [2.24, 2.45) is 16.5 Å². The average molecular weight is 296 g/mol. The Hall–Kier alpha value is -3.16. The number of hydrogen-bond acceptors (Lipinski definition) is 5. The highest BCUT2D eigenvalue weighted by atomic mass is 15.2. The summed E-state index contributed by atoms with van der Waals surface area (Å²) in [5.74, 6) is 0.261. The number of benzene rings is 1. The van der Waals surface area contributed by atoms with Crippen LogP contribution in [0.1, 0.15) is 11.1 Å². The minimum absolute atomic E-state index is 0.0958. The van der Waals surface area contributed by atoms with Crippen molar-refractivity contribution < 1.29 is 0 Å². The Bertz CT molecular complexity index is 860. The Kier molecular flexibility index (Phi) is 3.34. The Balaban J connectivity index is 2.08. The number of aromatic nitrogens is 4.